The number of halogens is 3. The van der Waals surface area contributed by atoms with Crippen LogP contribution in [0.3, 0.4) is 0 Å². The fourth-order valence-electron chi connectivity index (χ4n) is 9.44. The minimum Gasteiger partial charge on any atom is -0.395 e. The third-order valence-electron chi connectivity index (χ3n) is 13.7. The summed E-state index contributed by atoms with van der Waals surface area (Å²) in [6, 6.07) is 20.6. The van der Waals surface area contributed by atoms with E-state index in [0.29, 0.717) is 97.7 Å². The second-order valence-electron chi connectivity index (χ2n) is 19.1. The summed E-state index contributed by atoms with van der Waals surface area (Å²) < 4.78 is 79.6. The molecule has 9 rings (SSSR count). The lowest BCUT2D eigenvalue weighted by molar-refractivity contribution is -0.286. The van der Waals surface area contributed by atoms with E-state index in [1.54, 1.807) is 41.8 Å². The first kappa shape index (κ1) is 54.1. The maximum atomic E-state index is 15.3. The third-order valence-corrected chi connectivity index (χ3v) is 17.9. The third kappa shape index (κ3) is 12.6. The van der Waals surface area contributed by atoms with Gasteiger partial charge in [0, 0.05) is 49.2 Å². The van der Waals surface area contributed by atoms with Gasteiger partial charge in [-0.05, 0) is 118 Å². The number of carbonyl (C=O) groups excluding carboxylic acids is 4. The van der Waals surface area contributed by atoms with Gasteiger partial charge in [-0.15, -0.1) is 20.1 Å². The number of carbonyl (C=O) groups is 4. The number of sulfonamides is 1. The van der Waals surface area contributed by atoms with Crippen molar-refractivity contribution in [2.45, 2.75) is 87.1 Å². The predicted octanol–water partition coefficient (Wildman–Crippen LogP) is 8.58. The summed E-state index contributed by atoms with van der Waals surface area (Å²) in [7, 11) is -4.04. The van der Waals surface area contributed by atoms with Crippen molar-refractivity contribution in [3.63, 3.8) is 0 Å². The van der Waals surface area contributed by atoms with Crippen molar-refractivity contribution in [1.29, 1.82) is 0 Å². The molecule has 0 radical (unpaired) electrons. The van der Waals surface area contributed by atoms with E-state index in [2.05, 4.69) is 40.6 Å². The number of anilines is 3. The topological polar surface area (TPSA) is 221 Å². The molecule has 3 aromatic heterocycles. The number of unbranched alkanes of at least 4 members (excludes halogenated alkanes) is 4. The first-order chi connectivity index (χ1) is 36.5. The molecule has 23 heteroatoms. The Labute approximate surface area is 445 Å². The van der Waals surface area contributed by atoms with Crippen molar-refractivity contribution in [2.75, 3.05) is 60.8 Å². The van der Waals surface area contributed by atoms with Crippen LogP contribution in [0.4, 0.5) is 29.8 Å². The van der Waals surface area contributed by atoms with Gasteiger partial charge in [0.2, 0.25) is 17.7 Å². The van der Waals surface area contributed by atoms with Crippen LogP contribution in [0.15, 0.2) is 88.5 Å². The molecule has 4 amide bonds. The number of nitrogens with zero attached hydrogens (tertiary/aromatic N) is 4. The fourth-order valence-corrected chi connectivity index (χ4v) is 12.9. The number of aliphatic hydroxyl groups is 1. The number of aryl methyl sites for hydroxylation is 1. The Balaban J connectivity index is 0.636. The van der Waals surface area contributed by atoms with Gasteiger partial charge >= 0.3 is 6.29 Å². The van der Waals surface area contributed by atoms with Gasteiger partial charge in [-0.2, -0.15) is 0 Å². The number of pyridine rings is 1. The van der Waals surface area contributed by atoms with Crippen LogP contribution in [0.2, 0.25) is 0 Å². The Bertz CT molecular complexity index is 3220. The zero-order valence-corrected chi connectivity index (χ0v) is 44.0. The smallest absolute Gasteiger partial charge is 0.395 e. The van der Waals surface area contributed by atoms with Crippen molar-refractivity contribution in [2.24, 2.45) is 5.92 Å². The van der Waals surface area contributed by atoms with E-state index >= 15 is 4.39 Å². The number of thiophene rings is 1. The lowest BCUT2D eigenvalue weighted by atomic mass is 9.94. The molecular formula is C53H57F3N8O9S3. The van der Waals surface area contributed by atoms with E-state index in [1.165, 1.54) is 24.3 Å². The quantitative estimate of drug-likeness (QED) is 0.0381. The predicted molar refractivity (Wildman–Crippen MR) is 283 cm³/mol. The first-order valence-electron chi connectivity index (χ1n) is 25.2. The molecule has 1 saturated heterocycles. The molecule has 6 aromatic rings. The van der Waals surface area contributed by atoms with E-state index in [0.717, 1.165) is 70.7 Å². The fraction of sp³-hybridized carbons (Fsp3) is 0.396. The van der Waals surface area contributed by atoms with Gasteiger partial charge in [-0.25, -0.2) is 22.8 Å². The summed E-state index contributed by atoms with van der Waals surface area (Å²) in [6.45, 7) is 4.10. The Kier molecular flexibility index (Phi) is 16.6. The number of likely N-dealkylation sites (tertiary alicyclic amines) is 1. The van der Waals surface area contributed by atoms with Crippen LogP contribution < -0.4 is 35.0 Å². The standard InChI is InChI=1S/C53H57F3N8O9S3/c1-33-13-16-43(60-50(69)52(19-20-52)37-14-15-40-41(30-37)73-53(55,56)72-40)59-46(33)35-9-7-10-36(29-35)48(67)58-21-6-4-2-3-5-11-44(66)57-22-25-63-23-17-34(18-24-63)49(68)62-51-61-47-39(54)31-38(32-42(47)75-51)64(26-27-65)76(70,71)45-12-8-28-74-45/h7-10,12-16,28-32,34,65H,2-6,11,17-27H2,1H3,(H,57,66)(H,58,67)(H,59,60,69)(H,61,62,68). The molecule has 402 valence electrons. The van der Waals surface area contributed by atoms with Gasteiger partial charge in [0.05, 0.1) is 34.6 Å². The number of hydrogen-bond donors (Lipinski definition) is 5. The van der Waals surface area contributed by atoms with E-state index in [9.17, 15) is 41.5 Å². The Hall–Kier alpha value is -6.66. The van der Waals surface area contributed by atoms with Gasteiger partial charge in [0.1, 0.15) is 15.5 Å². The molecule has 5 N–H and O–H groups in total. The largest absolute Gasteiger partial charge is 0.586 e. The van der Waals surface area contributed by atoms with Crippen molar-refractivity contribution in [3.05, 3.63) is 107 Å². The molecule has 2 aliphatic heterocycles. The van der Waals surface area contributed by atoms with Gasteiger partial charge in [0.15, 0.2) is 22.4 Å². The summed E-state index contributed by atoms with van der Waals surface area (Å²) in [6.07, 6.45) is 3.12. The molecule has 0 spiro atoms. The number of aliphatic hydroxyl groups excluding tert-OH is 1. The van der Waals surface area contributed by atoms with Gasteiger partial charge in [-0.1, -0.05) is 60.9 Å². The molecule has 5 heterocycles. The van der Waals surface area contributed by atoms with E-state index in [4.69, 9.17) is 4.98 Å². The molecule has 3 aliphatic rings. The average molecular weight is 1100 g/mol. The van der Waals surface area contributed by atoms with E-state index < -0.39 is 34.2 Å². The Morgan fingerprint density at radius 3 is 2.41 bits per heavy atom. The van der Waals surface area contributed by atoms with Crippen LogP contribution in [-0.2, 0) is 29.8 Å². The normalized spacial score (nSPS) is 15.8. The van der Waals surface area contributed by atoms with Gasteiger partial charge < -0.3 is 40.7 Å². The Morgan fingerprint density at radius 2 is 1.64 bits per heavy atom. The number of thiazole rings is 1. The molecular weight excluding hydrogens is 1050 g/mol. The number of aromatic nitrogens is 2. The first-order valence-corrected chi connectivity index (χ1v) is 28.3. The number of alkyl halides is 2. The molecule has 1 aliphatic carbocycles. The lowest BCUT2D eigenvalue weighted by Crippen LogP contribution is -2.41. The summed E-state index contributed by atoms with van der Waals surface area (Å²) in [5.41, 5.74) is 2.29. The van der Waals surface area contributed by atoms with Crippen molar-refractivity contribution in [3.8, 4) is 22.8 Å². The summed E-state index contributed by atoms with van der Waals surface area (Å²) in [5, 5.41) is 23.1. The summed E-state index contributed by atoms with van der Waals surface area (Å²) >= 11 is 2.06. The molecule has 17 nitrogen and oxygen atoms in total. The number of fused-ring (bicyclic) bond motifs is 2. The molecule has 76 heavy (non-hydrogen) atoms. The van der Waals surface area contributed by atoms with Crippen molar-refractivity contribution in [1.82, 2.24) is 25.5 Å². The number of amides is 4. The molecule has 0 bridgehead atoms. The van der Waals surface area contributed by atoms with Gasteiger partial charge in [0.25, 0.3) is 15.9 Å². The van der Waals surface area contributed by atoms with E-state index in [-0.39, 0.29) is 68.1 Å². The molecule has 0 atom stereocenters. The number of piperidine rings is 1. The van der Waals surface area contributed by atoms with E-state index in [1.807, 2.05) is 19.1 Å². The number of nitrogens with one attached hydrogen (secondary N) is 4. The number of rotatable bonds is 23. The minimum absolute atomic E-state index is 0.00656. The minimum atomic E-state index is -4.04. The Morgan fingerprint density at radius 1 is 0.868 bits per heavy atom. The van der Waals surface area contributed by atoms with Crippen LogP contribution in [0, 0.1) is 18.7 Å². The second kappa shape index (κ2) is 23.3. The van der Waals surface area contributed by atoms with Crippen LogP contribution in [-0.4, -0.2) is 104 Å². The maximum absolute atomic E-state index is 15.3. The van der Waals surface area contributed by atoms with Crippen molar-refractivity contribution < 1.29 is 55.3 Å². The van der Waals surface area contributed by atoms with Crippen LogP contribution in [0.5, 0.6) is 11.5 Å². The summed E-state index contributed by atoms with van der Waals surface area (Å²) in [4.78, 5) is 63.7. The summed E-state index contributed by atoms with van der Waals surface area (Å²) in [5.74, 6) is -1.70. The highest BCUT2D eigenvalue weighted by atomic mass is 32.2. The average Bonchev–Trinajstić information content (AvgIpc) is 3.66. The van der Waals surface area contributed by atoms with Crippen LogP contribution in [0.1, 0.15) is 85.7 Å². The van der Waals surface area contributed by atoms with Crippen LogP contribution >= 0.6 is 22.7 Å². The highest BCUT2D eigenvalue weighted by molar-refractivity contribution is 7.94. The maximum Gasteiger partial charge on any atom is 0.586 e. The highest BCUT2D eigenvalue weighted by Crippen LogP contribution is 2.52. The number of benzene rings is 3. The zero-order valence-electron chi connectivity index (χ0n) is 41.5. The number of hydrogen-bond acceptors (Lipinski definition) is 14. The monoisotopic (exact) mass is 1100 g/mol. The highest BCUT2D eigenvalue weighted by Gasteiger charge is 2.53. The molecule has 2 fully saturated rings. The molecule has 0 unspecified atom stereocenters. The SMILES string of the molecule is Cc1ccc(NC(=O)C2(c3ccc4c(c3)OC(F)(F)O4)CC2)nc1-c1cccc(C(=O)NCCCCCCCC(=O)NCCN2CCC(C(=O)Nc3nc4c(F)cc(N(CCO)S(=O)(=O)c5cccs5)cc4s3)CC2)c1. The second-order valence-corrected chi connectivity index (χ2v) is 23.1. The number of ether oxygens (including phenoxy) is 2. The lowest BCUT2D eigenvalue weighted by Gasteiger charge is -2.31. The zero-order chi connectivity index (χ0) is 53.6. The molecule has 1 saturated carbocycles. The van der Waals surface area contributed by atoms with Crippen LogP contribution in [0.25, 0.3) is 21.5 Å². The molecule has 3 aromatic carbocycles. The van der Waals surface area contributed by atoms with Crippen molar-refractivity contribution >= 4 is 83.2 Å². The van der Waals surface area contributed by atoms with Gasteiger partial charge in [-0.3, -0.25) is 23.5 Å².